The maximum absolute atomic E-state index is 13.2. The Kier molecular flexibility index (Phi) is 5.35. The van der Waals surface area contributed by atoms with Crippen molar-refractivity contribution in [3.05, 3.63) is 54.1 Å². The number of benzene rings is 1. The minimum Gasteiger partial charge on any atom is -0.376 e. The Labute approximate surface area is 174 Å². The SMILES string of the molecule is CN(C)c1cnnc(N2CCN(C(=O)c3cc(-c4ccc(F)cc4)nn3C)CC2)c1. The molecule has 8 nitrogen and oxygen atoms in total. The van der Waals surface area contributed by atoms with Crippen LogP contribution in [0.4, 0.5) is 15.9 Å². The predicted molar refractivity (Wildman–Crippen MR) is 113 cm³/mol. The van der Waals surface area contributed by atoms with Gasteiger partial charge in [-0.05, 0) is 30.3 Å². The molecule has 0 saturated carbocycles. The number of hydrogen-bond acceptors (Lipinski definition) is 6. The number of aryl methyl sites for hydroxylation is 1. The molecule has 0 N–H and O–H groups in total. The first-order chi connectivity index (χ1) is 14.4. The molecule has 1 fully saturated rings. The van der Waals surface area contributed by atoms with Gasteiger partial charge in [0.2, 0.25) is 0 Å². The van der Waals surface area contributed by atoms with Gasteiger partial charge in [-0.2, -0.15) is 10.2 Å². The van der Waals surface area contributed by atoms with E-state index in [1.54, 1.807) is 36.1 Å². The average molecular weight is 409 g/mol. The van der Waals surface area contributed by atoms with Crippen LogP contribution in [-0.4, -0.2) is 71.1 Å². The predicted octanol–water partition coefficient (Wildman–Crippen LogP) is 2.04. The lowest BCUT2D eigenvalue weighted by Crippen LogP contribution is -2.49. The Balaban J connectivity index is 1.45. The summed E-state index contributed by atoms with van der Waals surface area (Å²) >= 11 is 0. The van der Waals surface area contributed by atoms with Gasteiger partial charge in [-0.1, -0.05) is 0 Å². The minimum atomic E-state index is -0.301. The molecule has 0 atom stereocenters. The third-order valence-corrected chi connectivity index (χ3v) is 5.27. The second-order valence-corrected chi connectivity index (χ2v) is 7.49. The van der Waals surface area contributed by atoms with Crippen LogP contribution in [0.3, 0.4) is 0 Å². The summed E-state index contributed by atoms with van der Waals surface area (Å²) in [5.74, 6) is 0.447. The van der Waals surface area contributed by atoms with E-state index in [0.717, 1.165) is 17.1 Å². The molecule has 9 heteroatoms. The molecule has 0 radical (unpaired) electrons. The Morgan fingerprint density at radius 3 is 2.43 bits per heavy atom. The van der Waals surface area contributed by atoms with Gasteiger partial charge in [0.15, 0.2) is 5.82 Å². The fourth-order valence-electron chi connectivity index (χ4n) is 3.47. The highest BCUT2D eigenvalue weighted by molar-refractivity contribution is 5.94. The van der Waals surface area contributed by atoms with E-state index >= 15 is 0 Å². The first-order valence-corrected chi connectivity index (χ1v) is 9.76. The zero-order chi connectivity index (χ0) is 21.3. The number of carbonyl (C=O) groups excluding carboxylic acids is 1. The van der Waals surface area contributed by atoms with Crippen molar-refractivity contribution in [1.82, 2.24) is 24.9 Å². The summed E-state index contributed by atoms with van der Waals surface area (Å²) in [5, 5.41) is 12.7. The number of anilines is 2. The second-order valence-electron chi connectivity index (χ2n) is 7.49. The van der Waals surface area contributed by atoms with Crippen molar-refractivity contribution in [1.29, 1.82) is 0 Å². The van der Waals surface area contributed by atoms with Crippen LogP contribution in [0.15, 0.2) is 42.6 Å². The van der Waals surface area contributed by atoms with Crippen LogP contribution in [0.2, 0.25) is 0 Å². The van der Waals surface area contributed by atoms with E-state index < -0.39 is 0 Å². The van der Waals surface area contributed by atoms with Crippen LogP contribution in [0.1, 0.15) is 10.5 Å². The van der Waals surface area contributed by atoms with Gasteiger partial charge in [-0.25, -0.2) is 4.39 Å². The zero-order valence-electron chi connectivity index (χ0n) is 17.3. The van der Waals surface area contributed by atoms with Crippen molar-refractivity contribution < 1.29 is 9.18 Å². The number of piperazine rings is 1. The number of amides is 1. The van der Waals surface area contributed by atoms with Gasteiger partial charge in [0.05, 0.1) is 17.6 Å². The maximum atomic E-state index is 13.2. The van der Waals surface area contributed by atoms with E-state index in [1.807, 2.05) is 30.0 Å². The lowest BCUT2D eigenvalue weighted by Gasteiger charge is -2.35. The fourth-order valence-corrected chi connectivity index (χ4v) is 3.47. The number of nitrogens with zero attached hydrogens (tertiary/aromatic N) is 7. The molecule has 1 saturated heterocycles. The minimum absolute atomic E-state index is 0.0638. The molecule has 1 aromatic carbocycles. The molecule has 30 heavy (non-hydrogen) atoms. The van der Waals surface area contributed by atoms with Crippen LogP contribution < -0.4 is 9.80 Å². The van der Waals surface area contributed by atoms with Gasteiger partial charge in [0.25, 0.3) is 5.91 Å². The standard InChI is InChI=1S/C21H24FN7O/c1-26(2)17-12-20(24-23-14-17)28-8-10-29(11-9-28)21(30)19-13-18(25-27(19)3)15-4-6-16(22)7-5-15/h4-7,12-14H,8-11H2,1-3H3. The summed E-state index contributed by atoms with van der Waals surface area (Å²) in [6, 6.07) is 9.85. The van der Waals surface area contributed by atoms with Crippen LogP contribution >= 0.6 is 0 Å². The van der Waals surface area contributed by atoms with Crippen molar-refractivity contribution in [2.24, 2.45) is 7.05 Å². The van der Waals surface area contributed by atoms with Crippen LogP contribution in [0.5, 0.6) is 0 Å². The van der Waals surface area contributed by atoms with Crippen molar-refractivity contribution in [3.8, 4) is 11.3 Å². The van der Waals surface area contributed by atoms with Gasteiger partial charge >= 0.3 is 0 Å². The third kappa shape index (κ3) is 3.96. The Morgan fingerprint density at radius 1 is 1.07 bits per heavy atom. The van der Waals surface area contributed by atoms with Gasteiger partial charge in [-0.3, -0.25) is 9.48 Å². The van der Waals surface area contributed by atoms with E-state index in [9.17, 15) is 9.18 Å². The molecule has 2 aromatic heterocycles. The normalized spacial score (nSPS) is 14.1. The highest BCUT2D eigenvalue weighted by Gasteiger charge is 2.26. The lowest BCUT2D eigenvalue weighted by molar-refractivity contribution is 0.0735. The molecule has 1 aliphatic rings. The summed E-state index contributed by atoms with van der Waals surface area (Å²) in [5.41, 5.74) is 2.92. The van der Waals surface area contributed by atoms with E-state index in [0.29, 0.717) is 37.6 Å². The number of halogens is 1. The molecule has 156 valence electrons. The number of aromatic nitrogens is 4. The summed E-state index contributed by atoms with van der Waals surface area (Å²) in [7, 11) is 5.68. The van der Waals surface area contributed by atoms with Gasteiger partial charge in [-0.15, -0.1) is 5.10 Å². The van der Waals surface area contributed by atoms with Crippen LogP contribution in [-0.2, 0) is 7.05 Å². The van der Waals surface area contributed by atoms with E-state index in [-0.39, 0.29) is 11.7 Å². The quantitative estimate of drug-likeness (QED) is 0.657. The third-order valence-electron chi connectivity index (χ3n) is 5.27. The number of rotatable bonds is 4. The second kappa shape index (κ2) is 8.10. The molecular weight excluding hydrogens is 385 g/mol. The van der Waals surface area contributed by atoms with Crippen molar-refractivity contribution >= 4 is 17.4 Å². The molecule has 3 heterocycles. The molecule has 0 unspecified atom stereocenters. The molecule has 4 rings (SSSR count). The molecule has 0 bridgehead atoms. The van der Waals surface area contributed by atoms with Crippen LogP contribution in [0.25, 0.3) is 11.3 Å². The number of hydrogen-bond donors (Lipinski definition) is 0. The summed E-state index contributed by atoms with van der Waals surface area (Å²) < 4.78 is 14.8. The van der Waals surface area contributed by atoms with E-state index in [1.165, 1.54) is 12.1 Å². The summed E-state index contributed by atoms with van der Waals surface area (Å²) in [4.78, 5) is 19.0. The Bertz CT molecular complexity index is 1040. The lowest BCUT2D eigenvalue weighted by atomic mass is 10.1. The van der Waals surface area contributed by atoms with Crippen molar-refractivity contribution in [2.75, 3.05) is 50.1 Å². The van der Waals surface area contributed by atoms with Crippen LogP contribution in [0, 0.1) is 5.82 Å². The Morgan fingerprint density at radius 2 is 1.77 bits per heavy atom. The molecule has 0 spiro atoms. The molecular formula is C21H24FN7O. The van der Waals surface area contributed by atoms with Crippen molar-refractivity contribution in [3.63, 3.8) is 0 Å². The highest BCUT2D eigenvalue weighted by Crippen LogP contribution is 2.22. The molecule has 1 amide bonds. The number of carbonyl (C=O) groups is 1. The molecule has 3 aromatic rings. The topological polar surface area (TPSA) is 70.4 Å². The molecule has 1 aliphatic heterocycles. The van der Waals surface area contributed by atoms with E-state index in [2.05, 4.69) is 20.2 Å². The fraction of sp³-hybridized carbons (Fsp3) is 0.333. The van der Waals surface area contributed by atoms with Gasteiger partial charge in [0, 0.05) is 59.0 Å². The van der Waals surface area contributed by atoms with Gasteiger partial charge in [0.1, 0.15) is 11.5 Å². The highest BCUT2D eigenvalue weighted by atomic mass is 19.1. The summed E-state index contributed by atoms with van der Waals surface area (Å²) in [6.45, 7) is 2.54. The maximum Gasteiger partial charge on any atom is 0.272 e. The first kappa shape index (κ1) is 19.8. The first-order valence-electron chi connectivity index (χ1n) is 9.76. The summed E-state index contributed by atoms with van der Waals surface area (Å²) in [6.07, 6.45) is 1.73. The molecule has 0 aliphatic carbocycles. The van der Waals surface area contributed by atoms with E-state index in [4.69, 9.17) is 0 Å². The smallest absolute Gasteiger partial charge is 0.272 e. The van der Waals surface area contributed by atoms with Gasteiger partial charge < -0.3 is 14.7 Å². The Hall–Kier alpha value is -3.49. The monoisotopic (exact) mass is 409 g/mol. The largest absolute Gasteiger partial charge is 0.376 e. The zero-order valence-corrected chi connectivity index (χ0v) is 17.3. The average Bonchev–Trinajstić information content (AvgIpc) is 3.15. The van der Waals surface area contributed by atoms with Crippen molar-refractivity contribution in [2.45, 2.75) is 0 Å².